The molecule has 2 unspecified atom stereocenters. The van der Waals surface area contributed by atoms with Crippen LogP contribution < -0.4 is 4.90 Å². The predicted molar refractivity (Wildman–Crippen MR) is 89.3 cm³/mol. The number of rotatable bonds is 2. The van der Waals surface area contributed by atoms with Gasteiger partial charge in [0.2, 0.25) is 0 Å². The highest BCUT2D eigenvalue weighted by Gasteiger charge is 2.36. The van der Waals surface area contributed by atoms with Gasteiger partial charge in [0.15, 0.2) is 0 Å². The number of phenols is 1. The first-order valence-electron chi connectivity index (χ1n) is 7.69. The minimum absolute atomic E-state index is 0.393. The number of phenolic OH excluding ortho intramolecular Hbond substituents is 1. The highest BCUT2D eigenvalue weighted by atomic mass is 16.4. The summed E-state index contributed by atoms with van der Waals surface area (Å²) in [5.74, 6) is -1.50. The molecule has 0 aromatic heterocycles. The minimum atomic E-state index is -1.26. The fourth-order valence-electron chi connectivity index (χ4n) is 3.29. The standard InChI is InChI=1S/C13H18N2O.C4H4O4/c1-14-6-5-9-7-13(14)15(2)12-4-3-10(16)8-11(9)12;5-3(6)1-2-4(7)8/h3-4,8-9,13,16H,5-7H2,1-2H3;1-2H,(H,5,6)(H,7,8). The molecule has 7 nitrogen and oxygen atoms in total. The summed E-state index contributed by atoms with van der Waals surface area (Å²) < 4.78 is 0. The Hall–Kier alpha value is -2.54. The number of piperidine rings is 1. The van der Waals surface area contributed by atoms with Crippen molar-refractivity contribution in [2.75, 3.05) is 25.5 Å². The van der Waals surface area contributed by atoms with E-state index in [-0.39, 0.29) is 0 Å². The van der Waals surface area contributed by atoms with Crippen LogP contribution in [0.5, 0.6) is 5.75 Å². The molecule has 1 aromatic carbocycles. The van der Waals surface area contributed by atoms with E-state index in [1.54, 1.807) is 6.07 Å². The second-order valence-electron chi connectivity index (χ2n) is 6.05. The highest BCUT2D eigenvalue weighted by molar-refractivity contribution is 5.89. The van der Waals surface area contributed by atoms with Crippen molar-refractivity contribution < 1.29 is 24.9 Å². The van der Waals surface area contributed by atoms with E-state index >= 15 is 0 Å². The first kappa shape index (κ1) is 17.8. The molecule has 2 bridgehead atoms. The van der Waals surface area contributed by atoms with E-state index in [4.69, 9.17) is 10.2 Å². The molecule has 0 amide bonds. The van der Waals surface area contributed by atoms with Crippen LogP contribution >= 0.6 is 0 Å². The number of aliphatic carboxylic acids is 2. The summed E-state index contributed by atoms with van der Waals surface area (Å²) in [6.45, 7) is 1.15. The summed E-state index contributed by atoms with van der Waals surface area (Å²) in [5, 5.41) is 25.2. The average molecular weight is 334 g/mol. The molecule has 1 aromatic rings. The molecule has 130 valence electrons. The molecule has 2 atom stereocenters. The smallest absolute Gasteiger partial charge is 0.328 e. The summed E-state index contributed by atoms with van der Waals surface area (Å²) in [4.78, 5) is 23.9. The Balaban J connectivity index is 0.000000224. The molecule has 0 aliphatic carbocycles. The Labute approximate surface area is 140 Å². The average Bonchev–Trinajstić information content (AvgIpc) is 2.53. The zero-order valence-electron chi connectivity index (χ0n) is 13.7. The van der Waals surface area contributed by atoms with Crippen molar-refractivity contribution in [2.24, 2.45) is 0 Å². The number of carboxylic acids is 2. The molecular weight excluding hydrogens is 312 g/mol. The van der Waals surface area contributed by atoms with Gasteiger partial charge in [-0.15, -0.1) is 0 Å². The first-order valence-corrected chi connectivity index (χ1v) is 7.69. The largest absolute Gasteiger partial charge is 0.508 e. The molecule has 2 aliphatic rings. The first-order chi connectivity index (χ1) is 11.3. The van der Waals surface area contributed by atoms with E-state index in [2.05, 4.69) is 23.9 Å². The molecule has 0 saturated carbocycles. The van der Waals surface area contributed by atoms with Crippen molar-refractivity contribution in [1.29, 1.82) is 0 Å². The lowest BCUT2D eigenvalue weighted by molar-refractivity contribution is -0.134. The fraction of sp³-hybridized carbons (Fsp3) is 0.412. The quantitative estimate of drug-likeness (QED) is 0.707. The van der Waals surface area contributed by atoms with Gasteiger partial charge in [0, 0.05) is 31.4 Å². The number of carboxylic acid groups (broad SMARTS) is 2. The third kappa shape index (κ3) is 4.05. The molecule has 0 spiro atoms. The number of anilines is 1. The van der Waals surface area contributed by atoms with Crippen LogP contribution in [0.25, 0.3) is 0 Å². The molecule has 3 rings (SSSR count). The molecule has 1 saturated heterocycles. The number of benzene rings is 1. The van der Waals surface area contributed by atoms with Gasteiger partial charge in [0.25, 0.3) is 0 Å². The van der Waals surface area contributed by atoms with Crippen LogP contribution in [0.2, 0.25) is 0 Å². The van der Waals surface area contributed by atoms with Crippen LogP contribution in [-0.2, 0) is 9.59 Å². The zero-order valence-corrected chi connectivity index (χ0v) is 13.7. The third-order valence-corrected chi connectivity index (χ3v) is 4.48. The topological polar surface area (TPSA) is 101 Å². The number of likely N-dealkylation sites (tertiary alicyclic amines) is 1. The number of carbonyl (C=O) groups is 2. The van der Waals surface area contributed by atoms with E-state index < -0.39 is 11.9 Å². The van der Waals surface area contributed by atoms with Crippen LogP contribution in [0.4, 0.5) is 5.69 Å². The van der Waals surface area contributed by atoms with Gasteiger partial charge in [-0.3, -0.25) is 4.90 Å². The van der Waals surface area contributed by atoms with Gasteiger partial charge >= 0.3 is 11.9 Å². The zero-order chi connectivity index (χ0) is 17.9. The Morgan fingerprint density at radius 2 is 1.79 bits per heavy atom. The van der Waals surface area contributed by atoms with E-state index in [0.717, 1.165) is 6.54 Å². The Bertz CT molecular complexity index is 642. The van der Waals surface area contributed by atoms with Crippen molar-refractivity contribution in [3.8, 4) is 5.75 Å². The summed E-state index contributed by atoms with van der Waals surface area (Å²) >= 11 is 0. The van der Waals surface area contributed by atoms with Crippen molar-refractivity contribution in [1.82, 2.24) is 4.90 Å². The molecular formula is C17H22N2O5. The van der Waals surface area contributed by atoms with Gasteiger partial charge in [0.05, 0.1) is 6.17 Å². The van der Waals surface area contributed by atoms with E-state index in [0.29, 0.717) is 30.0 Å². The summed E-state index contributed by atoms with van der Waals surface area (Å²) in [5.41, 5.74) is 2.61. The minimum Gasteiger partial charge on any atom is -0.508 e. The van der Waals surface area contributed by atoms with E-state index in [1.807, 2.05) is 12.1 Å². The highest BCUT2D eigenvalue weighted by Crippen LogP contribution is 2.44. The van der Waals surface area contributed by atoms with Gasteiger partial charge in [-0.05, 0) is 49.6 Å². The van der Waals surface area contributed by atoms with E-state index in [9.17, 15) is 14.7 Å². The number of fused-ring (bicyclic) bond motifs is 4. The SMILES string of the molecule is CN1CCC2CC1N(C)c1ccc(O)cc12.O=C(O)C=CC(=O)O. The number of nitrogens with zero attached hydrogens (tertiary/aromatic N) is 2. The van der Waals surface area contributed by atoms with Crippen LogP contribution in [0.1, 0.15) is 24.3 Å². The summed E-state index contributed by atoms with van der Waals surface area (Å²) in [6, 6.07) is 5.78. The van der Waals surface area contributed by atoms with Crippen LogP contribution in [0.15, 0.2) is 30.4 Å². The van der Waals surface area contributed by atoms with Crippen molar-refractivity contribution in [3.63, 3.8) is 0 Å². The molecule has 24 heavy (non-hydrogen) atoms. The summed E-state index contributed by atoms with van der Waals surface area (Å²) in [6.07, 6.45) is 4.03. The fourth-order valence-corrected chi connectivity index (χ4v) is 3.29. The lowest BCUT2D eigenvalue weighted by Gasteiger charge is -2.48. The van der Waals surface area contributed by atoms with Gasteiger partial charge in [0.1, 0.15) is 5.75 Å². The molecule has 3 N–H and O–H groups in total. The monoisotopic (exact) mass is 334 g/mol. The maximum absolute atomic E-state index is 9.59. The number of aromatic hydroxyl groups is 1. The second kappa shape index (κ2) is 7.35. The predicted octanol–water partition coefficient (Wildman–Crippen LogP) is 1.69. The van der Waals surface area contributed by atoms with Crippen LogP contribution in [0.3, 0.4) is 0 Å². The van der Waals surface area contributed by atoms with Gasteiger partial charge in [-0.2, -0.15) is 0 Å². The maximum Gasteiger partial charge on any atom is 0.328 e. The third-order valence-electron chi connectivity index (χ3n) is 4.48. The molecule has 1 fully saturated rings. The number of hydrogen-bond donors (Lipinski definition) is 3. The molecule has 0 radical (unpaired) electrons. The Kier molecular flexibility index (Phi) is 5.46. The van der Waals surface area contributed by atoms with Crippen molar-refractivity contribution >= 4 is 17.6 Å². The van der Waals surface area contributed by atoms with Crippen LogP contribution in [0, 0.1) is 0 Å². The maximum atomic E-state index is 9.59. The molecule has 7 heteroatoms. The van der Waals surface area contributed by atoms with Crippen molar-refractivity contribution in [3.05, 3.63) is 35.9 Å². The molecule has 2 aliphatic heterocycles. The normalized spacial score (nSPS) is 22.5. The second-order valence-corrected chi connectivity index (χ2v) is 6.05. The Morgan fingerprint density at radius 3 is 2.38 bits per heavy atom. The lowest BCUT2D eigenvalue weighted by Crippen LogP contribution is -2.52. The lowest BCUT2D eigenvalue weighted by atomic mass is 9.83. The van der Waals surface area contributed by atoms with Gasteiger partial charge in [-0.25, -0.2) is 9.59 Å². The van der Waals surface area contributed by atoms with E-state index in [1.165, 1.54) is 24.1 Å². The van der Waals surface area contributed by atoms with Crippen molar-refractivity contribution in [2.45, 2.75) is 24.9 Å². The van der Waals surface area contributed by atoms with Gasteiger partial charge in [-0.1, -0.05) is 0 Å². The summed E-state index contributed by atoms with van der Waals surface area (Å²) in [7, 11) is 4.35. The Morgan fingerprint density at radius 1 is 1.17 bits per heavy atom. The number of hydrogen-bond acceptors (Lipinski definition) is 5. The van der Waals surface area contributed by atoms with Gasteiger partial charge < -0.3 is 20.2 Å². The van der Waals surface area contributed by atoms with Crippen LogP contribution in [-0.4, -0.2) is 59.0 Å². The molecule has 2 heterocycles.